The maximum Gasteiger partial charge on any atom is 0.417 e. The molecule has 2 aromatic heterocycles. The average Bonchev–Trinajstić information content (AvgIpc) is 3.04. The van der Waals surface area contributed by atoms with Crippen molar-refractivity contribution >= 4 is 5.82 Å². The number of pyridine rings is 1. The van der Waals surface area contributed by atoms with E-state index in [9.17, 15) is 13.2 Å². The van der Waals surface area contributed by atoms with Crippen LogP contribution in [-0.2, 0) is 12.7 Å². The minimum atomic E-state index is -4.35. The molecular formula is C18H20F3N5. The molecule has 0 aromatic carbocycles. The van der Waals surface area contributed by atoms with Crippen molar-refractivity contribution in [2.24, 2.45) is 5.92 Å². The second kappa shape index (κ2) is 6.83. The van der Waals surface area contributed by atoms with Crippen LogP contribution in [-0.4, -0.2) is 45.5 Å². The summed E-state index contributed by atoms with van der Waals surface area (Å²) in [5, 5.41) is 0. The van der Waals surface area contributed by atoms with Crippen LogP contribution in [0.5, 0.6) is 0 Å². The van der Waals surface area contributed by atoms with Crippen LogP contribution in [0.1, 0.15) is 24.1 Å². The third kappa shape index (κ3) is 3.51. The van der Waals surface area contributed by atoms with E-state index in [4.69, 9.17) is 0 Å². The molecule has 2 saturated heterocycles. The van der Waals surface area contributed by atoms with Gasteiger partial charge in [0.05, 0.1) is 11.3 Å². The number of rotatable bonds is 3. The topological polar surface area (TPSA) is 45.2 Å². The fraction of sp³-hybridized carbons (Fsp3) is 0.500. The van der Waals surface area contributed by atoms with Crippen molar-refractivity contribution in [2.45, 2.75) is 31.6 Å². The molecule has 4 rings (SSSR count). The smallest absolute Gasteiger partial charge is 0.355 e. The first-order valence-corrected chi connectivity index (χ1v) is 8.78. The normalized spacial score (nSPS) is 23.9. The zero-order chi connectivity index (χ0) is 18.1. The SMILES string of the molecule is FC(F)(F)c1ccc(N2CCC3CCN(Cc4cnccn4)C3C2)nc1. The molecule has 5 nitrogen and oxygen atoms in total. The van der Waals surface area contributed by atoms with E-state index < -0.39 is 11.7 Å². The van der Waals surface area contributed by atoms with Gasteiger partial charge in [0.1, 0.15) is 5.82 Å². The summed E-state index contributed by atoms with van der Waals surface area (Å²) in [4.78, 5) is 17.0. The molecule has 2 fully saturated rings. The Bertz CT molecular complexity index is 735. The van der Waals surface area contributed by atoms with E-state index in [1.165, 1.54) is 6.07 Å². The Morgan fingerprint density at radius 2 is 1.88 bits per heavy atom. The van der Waals surface area contributed by atoms with Gasteiger partial charge in [-0.05, 0) is 37.4 Å². The Morgan fingerprint density at radius 3 is 2.58 bits per heavy atom. The van der Waals surface area contributed by atoms with Crippen LogP contribution in [0.3, 0.4) is 0 Å². The Labute approximate surface area is 149 Å². The molecule has 26 heavy (non-hydrogen) atoms. The van der Waals surface area contributed by atoms with E-state index in [-0.39, 0.29) is 0 Å². The quantitative estimate of drug-likeness (QED) is 0.839. The lowest BCUT2D eigenvalue weighted by Crippen LogP contribution is -2.48. The molecule has 0 amide bonds. The lowest BCUT2D eigenvalue weighted by Gasteiger charge is -2.39. The first-order chi connectivity index (χ1) is 12.5. The van der Waals surface area contributed by atoms with Crippen LogP contribution < -0.4 is 4.90 Å². The fourth-order valence-corrected chi connectivity index (χ4v) is 3.99. The monoisotopic (exact) mass is 363 g/mol. The standard InChI is InChI=1S/C18H20F3N5/c19-18(20,21)14-1-2-17(24-9-14)26-8-4-13-3-7-25(16(13)12-26)11-15-10-22-5-6-23-15/h1-2,5-6,9-10,13,16H,3-4,7-8,11-12H2. The Morgan fingerprint density at radius 1 is 1.04 bits per heavy atom. The first-order valence-electron chi connectivity index (χ1n) is 8.78. The van der Waals surface area contributed by atoms with Gasteiger partial charge in [0.15, 0.2) is 0 Å². The number of aromatic nitrogens is 3. The highest BCUT2D eigenvalue weighted by atomic mass is 19.4. The van der Waals surface area contributed by atoms with E-state index in [1.807, 2.05) is 0 Å². The van der Waals surface area contributed by atoms with Gasteiger partial charge in [-0.1, -0.05) is 0 Å². The van der Waals surface area contributed by atoms with Gasteiger partial charge in [-0.3, -0.25) is 14.9 Å². The maximum atomic E-state index is 12.7. The van der Waals surface area contributed by atoms with E-state index in [0.29, 0.717) is 17.8 Å². The van der Waals surface area contributed by atoms with E-state index in [0.717, 1.165) is 57.0 Å². The molecular weight excluding hydrogens is 343 g/mol. The van der Waals surface area contributed by atoms with Crippen molar-refractivity contribution in [1.29, 1.82) is 0 Å². The lowest BCUT2D eigenvalue weighted by atomic mass is 9.92. The van der Waals surface area contributed by atoms with Gasteiger partial charge in [-0.15, -0.1) is 0 Å². The zero-order valence-electron chi connectivity index (χ0n) is 14.2. The van der Waals surface area contributed by atoms with Gasteiger partial charge < -0.3 is 4.90 Å². The third-order valence-corrected chi connectivity index (χ3v) is 5.36. The van der Waals surface area contributed by atoms with Crippen LogP contribution >= 0.6 is 0 Å². The molecule has 2 aromatic rings. The zero-order valence-corrected chi connectivity index (χ0v) is 14.2. The second-order valence-electron chi connectivity index (χ2n) is 6.92. The summed E-state index contributed by atoms with van der Waals surface area (Å²) in [5.74, 6) is 1.24. The minimum Gasteiger partial charge on any atom is -0.355 e. The molecule has 0 spiro atoms. The minimum absolute atomic E-state index is 0.370. The highest BCUT2D eigenvalue weighted by Crippen LogP contribution is 2.35. The lowest BCUT2D eigenvalue weighted by molar-refractivity contribution is -0.137. The number of hydrogen-bond acceptors (Lipinski definition) is 5. The summed E-state index contributed by atoms with van der Waals surface area (Å²) in [6, 6.07) is 2.96. The van der Waals surface area contributed by atoms with Crippen molar-refractivity contribution in [3.63, 3.8) is 0 Å². The number of halogens is 3. The predicted molar refractivity (Wildman–Crippen MR) is 90.4 cm³/mol. The predicted octanol–water partition coefficient (Wildman–Crippen LogP) is 2.99. The van der Waals surface area contributed by atoms with Crippen molar-refractivity contribution in [2.75, 3.05) is 24.5 Å². The summed E-state index contributed by atoms with van der Waals surface area (Å²) in [6.45, 7) is 3.38. The molecule has 2 atom stereocenters. The number of fused-ring (bicyclic) bond motifs is 1. The van der Waals surface area contributed by atoms with Crippen LogP contribution in [0, 0.1) is 5.92 Å². The number of hydrogen-bond donors (Lipinski definition) is 0. The Hall–Kier alpha value is -2.22. The molecule has 8 heteroatoms. The van der Waals surface area contributed by atoms with Crippen molar-refractivity contribution in [1.82, 2.24) is 19.9 Å². The molecule has 0 radical (unpaired) electrons. The molecule has 0 bridgehead atoms. The number of piperidine rings is 1. The fourth-order valence-electron chi connectivity index (χ4n) is 3.99. The molecule has 0 N–H and O–H groups in total. The number of likely N-dealkylation sites (tertiary alicyclic amines) is 1. The van der Waals surface area contributed by atoms with Gasteiger partial charge in [0.25, 0.3) is 0 Å². The average molecular weight is 363 g/mol. The first kappa shape index (κ1) is 17.2. The summed E-state index contributed by atoms with van der Waals surface area (Å²) in [7, 11) is 0. The molecule has 2 aliphatic rings. The third-order valence-electron chi connectivity index (χ3n) is 5.36. The number of alkyl halides is 3. The van der Waals surface area contributed by atoms with Crippen LogP contribution in [0.2, 0.25) is 0 Å². The summed E-state index contributed by atoms with van der Waals surface area (Å²) >= 11 is 0. The number of anilines is 1. The molecule has 138 valence electrons. The largest absolute Gasteiger partial charge is 0.417 e. The Balaban J connectivity index is 1.46. The summed E-state index contributed by atoms with van der Waals surface area (Å²) < 4.78 is 38.2. The van der Waals surface area contributed by atoms with Crippen LogP contribution in [0.4, 0.5) is 19.0 Å². The molecule has 2 aliphatic heterocycles. The Kier molecular flexibility index (Phi) is 4.52. The van der Waals surface area contributed by atoms with E-state index >= 15 is 0 Å². The van der Waals surface area contributed by atoms with Gasteiger partial charge in [-0.25, -0.2) is 4.98 Å². The molecule has 4 heterocycles. The highest BCUT2D eigenvalue weighted by Gasteiger charge is 2.39. The van der Waals surface area contributed by atoms with Gasteiger partial charge in [0.2, 0.25) is 0 Å². The number of nitrogens with zero attached hydrogens (tertiary/aromatic N) is 5. The van der Waals surface area contributed by atoms with E-state index in [2.05, 4.69) is 24.8 Å². The van der Waals surface area contributed by atoms with Gasteiger partial charge in [0, 0.05) is 50.5 Å². The van der Waals surface area contributed by atoms with Crippen LogP contribution in [0.25, 0.3) is 0 Å². The summed E-state index contributed by atoms with van der Waals surface area (Å²) in [6.07, 6.45) is 3.90. The van der Waals surface area contributed by atoms with Crippen molar-refractivity contribution in [3.8, 4) is 0 Å². The van der Waals surface area contributed by atoms with Crippen LogP contribution in [0.15, 0.2) is 36.9 Å². The molecule has 0 aliphatic carbocycles. The maximum absolute atomic E-state index is 12.7. The van der Waals surface area contributed by atoms with Gasteiger partial charge in [-0.2, -0.15) is 13.2 Å². The highest BCUT2D eigenvalue weighted by molar-refractivity contribution is 5.41. The second-order valence-corrected chi connectivity index (χ2v) is 6.92. The van der Waals surface area contributed by atoms with Crippen molar-refractivity contribution < 1.29 is 13.2 Å². The molecule has 0 saturated carbocycles. The summed E-state index contributed by atoms with van der Waals surface area (Å²) in [5.41, 5.74) is 0.235. The van der Waals surface area contributed by atoms with Gasteiger partial charge >= 0.3 is 6.18 Å². The van der Waals surface area contributed by atoms with Crippen molar-refractivity contribution in [3.05, 3.63) is 48.2 Å². The van der Waals surface area contributed by atoms with E-state index in [1.54, 1.807) is 18.6 Å². The molecule has 2 unspecified atom stereocenters.